The third-order valence-corrected chi connectivity index (χ3v) is 14.6. The lowest BCUT2D eigenvalue weighted by Crippen LogP contribution is -2.45. The van der Waals surface area contributed by atoms with Gasteiger partial charge in [-0.15, -0.1) is 0 Å². The van der Waals surface area contributed by atoms with Gasteiger partial charge in [0.1, 0.15) is 5.75 Å². The number of ketones is 1. The Morgan fingerprint density at radius 2 is 1.22 bits per heavy atom. The minimum Gasteiger partial charge on any atom is -0.493 e. The number of amides is 6. The summed E-state index contributed by atoms with van der Waals surface area (Å²) >= 11 is 0. The van der Waals surface area contributed by atoms with Crippen molar-refractivity contribution in [3.63, 3.8) is 0 Å². The van der Waals surface area contributed by atoms with E-state index in [0.29, 0.717) is 77.0 Å². The molecule has 5 aromatic rings. The number of benzene rings is 5. The molecule has 0 unspecified atom stereocenters. The van der Waals surface area contributed by atoms with Crippen LogP contribution < -0.4 is 29.7 Å². The third kappa shape index (κ3) is 11.1. The fourth-order valence-corrected chi connectivity index (χ4v) is 10.2. The number of hydrogen-bond acceptors (Lipinski definition) is 12. The predicted molar refractivity (Wildman–Crippen MR) is 300 cm³/mol. The van der Waals surface area contributed by atoms with Crippen molar-refractivity contribution in [2.45, 2.75) is 78.4 Å². The Morgan fingerprint density at radius 1 is 0.671 bits per heavy atom. The summed E-state index contributed by atoms with van der Waals surface area (Å²) < 4.78 is 18.1. The van der Waals surface area contributed by atoms with Crippen LogP contribution in [0.1, 0.15) is 99.8 Å². The van der Waals surface area contributed by atoms with E-state index in [0.717, 1.165) is 32.7 Å². The number of nitrogens with zero attached hydrogens (tertiary/aromatic N) is 5. The van der Waals surface area contributed by atoms with Gasteiger partial charge in [-0.25, -0.2) is 4.90 Å². The first-order valence-corrected chi connectivity index (χ1v) is 26.3. The van der Waals surface area contributed by atoms with Crippen LogP contribution >= 0.6 is 0 Å². The second kappa shape index (κ2) is 22.4. The number of nitrogens with one attached hydrogen (secondary N) is 2. The van der Waals surface area contributed by atoms with Crippen molar-refractivity contribution in [2.24, 2.45) is 21.8 Å². The fraction of sp³-hybridized carbons (Fsp3) is 0.274. The van der Waals surface area contributed by atoms with Crippen LogP contribution in [0.5, 0.6) is 17.2 Å². The number of hydrogen-bond donors (Lipinski definition) is 2. The van der Waals surface area contributed by atoms with E-state index in [9.17, 15) is 33.6 Å². The molecule has 79 heavy (non-hydrogen) atoms. The van der Waals surface area contributed by atoms with Crippen molar-refractivity contribution in [1.82, 2.24) is 15.1 Å². The summed E-state index contributed by atoms with van der Waals surface area (Å²) in [4.78, 5) is 106. The van der Waals surface area contributed by atoms with E-state index in [1.165, 1.54) is 49.1 Å². The summed E-state index contributed by atoms with van der Waals surface area (Å²) in [6.07, 6.45) is 11.3. The smallest absolute Gasteiger partial charge is 0.260 e. The van der Waals surface area contributed by atoms with Crippen molar-refractivity contribution in [1.29, 1.82) is 0 Å². The molecule has 0 spiro atoms. The molecule has 5 heterocycles. The van der Waals surface area contributed by atoms with E-state index in [1.54, 1.807) is 61.1 Å². The van der Waals surface area contributed by atoms with E-state index in [2.05, 4.69) is 41.8 Å². The zero-order valence-corrected chi connectivity index (χ0v) is 44.6. The highest BCUT2D eigenvalue weighted by Gasteiger charge is 2.36. The molecule has 0 bridgehead atoms. The van der Waals surface area contributed by atoms with Gasteiger partial charge in [0.15, 0.2) is 17.3 Å². The highest BCUT2D eigenvalue weighted by atomic mass is 16.5. The monoisotopic (exact) mass is 1060 g/mol. The van der Waals surface area contributed by atoms with E-state index in [-0.39, 0.29) is 60.1 Å². The molecule has 0 saturated heterocycles. The molecule has 402 valence electrons. The first-order valence-electron chi connectivity index (χ1n) is 26.3. The Labute approximate surface area is 457 Å². The highest BCUT2D eigenvalue weighted by molar-refractivity contribution is 6.28. The quantitative estimate of drug-likeness (QED) is 0.0628. The van der Waals surface area contributed by atoms with Gasteiger partial charge in [-0.2, -0.15) is 0 Å². The Hall–Kier alpha value is -9.25. The summed E-state index contributed by atoms with van der Waals surface area (Å²) in [5.74, 6) is -2.01. The summed E-state index contributed by atoms with van der Waals surface area (Å²) in [6.45, 7) is 9.85. The summed E-state index contributed by atoms with van der Waals surface area (Å²) in [7, 11) is 1.52. The zero-order valence-electron chi connectivity index (χ0n) is 44.6. The van der Waals surface area contributed by atoms with Crippen molar-refractivity contribution in [3.05, 3.63) is 161 Å². The van der Waals surface area contributed by atoms with Gasteiger partial charge < -0.3 is 34.6 Å². The molecule has 4 atom stereocenters. The molecule has 5 aromatic carbocycles. The molecule has 2 N–H and O–H groups in total. The number of Topliss-reactive ketones (excluding diaryl/α,β-unsaturated/α-hetero) is 1. The fourth-order valence-electron chi connectivity index (χ4n) is 10.2. The molecule has 10 rings (SSSR count). The average molecular weight is 1060 g/mol. The van der Waals surface area contributed by atoms with Crippen LogP contribution in [-0.4, -0.2) is 102 Å². The average Bonchev–Trinajstić information content (AvgIpc) is 4.30. The van der Waals surface area contributed by atoms with Gasteiger partial charge in [0.25, 0.3) is 29.5 Å². The number of carbonyl (C=O) groups excluding carboxylic acids is 7. The Morgan fingerprint density at radius 3 is 1.78 bits per heavy atom. The molecule has 0 aromatic heterocycles. The van der Waals surface area contributed by atoms with E-state index in [1.807, 2.05) is 49.8 Å². The summed E-state index contributed by atoms with van der Waals surface area (Å²) in [5.41, 5.74) is 8.96. The van der Waals surface area contributed by atoms with Crippen LogP contribution in [0.25, 0.3) is 11.1 Å². The lowest BCUT2D eigenvalue weighted by molar-refractivity contribution is -0.127. The molecule has 17 heteroatoms. The lowest BCUT2D eigenvalue weighted by atomic mass is 9.92. The van der Waals surface area contributed by atoms with Gasteiger partial charge in [0, 0.05) is 92.0 Å². The van der Waals surface area contributed by atoms with E-state index < -0.39 is 29.7 Å². The molecular weight excluding hydrogens is 1000 g/mol. The number of methoxy groups -OCH3 is 1. The maximum Gasteiger partial charge on any atom is 0.260 e. The highest BCUT2D eigenvalue weighted by Crippen LogP contribution is 2.41. The van der Waals surface area contributed by atoms with Gasteiger partial charge in [-0.05, 0) is 96.1 Å². The molecule has 0 saturated carbocycles. The maximum absolute atomic E-state index is 14.1. The van der Waals surface area contributed by atoms with E-state index >= 15 is 0 Å². The van der Waals surface area contributed by atoms with Crippen molar-refractivity contribution >= 4 is 87.6 Å². The van der Waals surface area contributed by atoms with Gasteiger partial charge in [0.05, 0.1) is 66.6 Å². The molecule has 0 radical (unpaired) electrons. The third-order valence-electron chi connectivity index (χ3n) is 14.6. The van der Waals surface area contributed by atoms with Crippen LogP contribution in [0.15, 0.2) is 132 Å². The topological polar surface area (TPSA) is 206 Å². The van der Waals surface area contributed by atoms with Gasteiger partial charge in [0.2, 0.25) is 5.91 Å². The van der Waals surface area contributed by atoms with Crippen molar-refractivity contribution in [2.75, 3.05) is 30.5 Å². The second-order valence-corrected chi connectivity index (χ2v) is 20.6. The zero-order chi connectivity index (χ0) is 55.6. The van der Waals surface area contributed by atoms with Crippen LogP contribution in [0.2, 0.25) is 0 Å². The number of ether oxygens (including phenoxy) is 3. The normalized spacial score (nSPS) is 17.8. The number of carbonyl (C=O) groups is 7. The van der Waals surface area contributed by atoms with Gasteiger partial charge in [-0.1, -0.05) is 62.7 Å². The van der Waals surface area contributed by atoms with Crippen molar-refractivity contribution in [3.8, 4) is 17.2 Å². The Bertz CT molecular complexity index is 3450. The van der Waals surface area contributed by atoms with Crippen LogP contribution in [0.3, 0.4) is 0 Å². The molecule has 0 aliphatic carbocycles. The lowest BCUT2D eigenvalue weighted by Gasteiger charge is -2.23. The predicted octanol–water partition coefficient (Wildman–Crippen LogP) is 9.52. The first kappa shape index (κ1) is 53.2. The number of anilines is 2. The van der Waals surface area contributed by atoms with Gasteiger partial charge in [-0.3, -0.25) is 43.5 Å². The standard InChI is InChI=1S/C62H59N7O10/c1-35(2)58(66-60(74)41-14-18-45(19-15-41)69-56(71)20-21-57(69)72)52(70)25-38(5)59(73)65-44-16-12-40(13-17-44)43-27-47-32-64-51-30-55(54(77-6)28-49(51)62(76)68(47)34-43)79-23-7-22-78-53-29-50-48(24-37(53)4)61(75)67-33-42(26-46(67)31-63-50)39-10-8-36(3)9-11-39/h8-21,24,28-35,38,46-47,58H,7,22-23,25-27H2,1-6H3,(H,65,73)(H,66,74)/t38-,46+,47+,58+/m1/s1. The Kier molecular flexibility index (Phi) is 15.1. The number of rotatable bonds is 18. The number of fused-ring (bicyclic) bond motifs is 4. The van der Waals surface area contributed by atoms with Crippen LogP contribution in [0.4, 0.5) is 22.7 Å². The summed E-state index contributed by atoms with van der Waals surface area (Å²) in [5, 5.41) is 5.68. The molecule has 5 aliphatic heterocycles. The van der Waals surface area contributed by atoms with E-state index in [4.69, 9.17) is 24.2 Å². The SMILES string of the molecule is COc1cc2c(cc1OCCCOc1cc3c(cc1C)C(=O)N1C=C(c4ccc(C)cc4)C[C@H]1C=N3)N=C[C@@H]1CC(c3ccc(NC(=O)[C@H](C)CC(=O)[C@@H](NC(=O)c4ccc(N5C(=O)C=CC5=O)cc4)C(C)C)cc3)=CN1C2=O. The van der Waals surface area contributed by atoms with Crippen LogP contribution in [-0.2, 0) is 19.2 Å². The maximum atomic E-state index is 14.1. The molecule has 17 nitrogen and oxygen atoms in total. The molecular formula is C62H59N7O10. The van der Waals surface area contributed by atoms with Gasteiger partial charge >= 0.3 is 0 Å². The van der Waals surface area contributed by atoms with Crippen molar-refractivity contribution < 1.29 is 47.8 Å². The summed E-state index contributed by atoms with van der Waals surface area (Å²) in [6, 6.07) is 27.1. The molecule has 6 amide bonds. The van der Waals surface area contributed by atoms with Crippen LogP contribution in [0, 0.1) is 25.7 Å². The number of aryl methyl sites for hydroxylation is 2. The minimum absolute atomic E-state index is 0.0950. The largest absolute Gasteiger partial charge is 0.493 e. The second-order valence-electron chi connectivity index (χ2n) is 20.6. The molecule has 0 fully saturated rings. The first-order chi connectivity index (χ1) is 38.0. The number of aliphatic imine (C=N–C) groups is 2. The molecule has 5 aliphatic rings. The minimum atomic E-state index is -0.871. The Balaban J connectivity index is 0.702. The number of imide groups is 1.